The maximum Gasteiger partial charge on any atom is 0.122 e. The molecular weight excluding hydrogens is 230 g/mol. The number of nitrogens with two attached hydrogens (primary N) is 1. The molecular formula is C14H17NOS. The summed E-state index contributed by atoms with van der Waals surface area (Å²) in [4.78, 5) is 1.22. The summed E-state index contributed by atoms with van der Waals surface area (Å²) in [5.41, 5.74) is 10.5. The maximum atomic E-state index is 5.65. The van der Waals surface area contributed by atoms with E-state index in [0.29, 0.717) is 6.54 Å². The monoisotopic (exact) mass is 247 g/mol. The van der Waals surface area contributed by atoms with Gasteiger partial charge in [0.1, 0.15) is 5.75 Å². The van der Waals surface area contributed by atoms with Gasteiger partial charge in [0.2, 0.25) is 0 Å². The van der Waals surface area contributed by atoms with Crippen molar-refractivity contribution in [2.24, 2.45) is 5.73 Å². The van der Waals surface area contributed by atoms with E-state index in [1.165, 1.54) is 21.6 Å². The summed E-state index contributed by atoms with van der Waals surface area (Å²) in [5.74, 6) is 0.945. The Labute approximate surface area is 106 Å². The van der Waals surface area contributed by atoms with Crippen LogP contribution in [-0.2, 0) is 6.54 Å². The van der Waals surface area contributed by atoms with Crippen molar-refractivity contribution in [3.05, 3.63) is 39.6 Å². The van der Waals surface area contributed by atoms with Gasteiger partial charge in [0.25, 0.3) is 0 Å². The smallest absolute Gasteiger partial charge is 0.122 e. The van der Waals surface area contributed by atoms with E-state index in [4.69, 9.17) is 10.5 Å². The van der Waals surface area contributed by atoms with Gasteiger partial charge in [-0.25, -0.2) is 0 Å². The van der Waals surface area contributed by atoms with Crippen molar-refractivity contribution in [3.63, 3.8) is 0 Å². The first-order valence-electron chi connectivity index (χ1n) is 5.58. The molecule has 1 aromatic heterocycles. The highest BCUT2D eigenvalue weighted by Crippen LogP contribution is 2.32. The third kappa shape index (κ3) is 2.35. The SMILES string of the molecule is COc1cc(C)c(-c2csc(CN)c2)cc1C. The quantitative estimate of drug-likeness (QED) is 0.901. The molecule has 17 heavy (non-hydrogen) atoms. The van der Waals surface area contributed by atoms with Gasteiger partial charge in [-0.1, -0.05) is 0 Å². The first-order valence-corrected chi connectivity index (χ1v) is 6.46. The predicted molar refractivity (Wildman–Crippen MR) is 73.7 cm³/mol. The number of benzene rings is 1. The minimum atomic E-state index is 0.610. The Morgan fingerprint density at radius 3 is 2.53 bits per heavy atom. The number of ether oxygens (including phenoxy) is 1. The average molecular weight is 247 g/mol. The Bertz CT molecular complexity index is 531. The molecule has 0 aliphatic rings. The first kappa shape index (κ1) is 12.1. The van der Waals surface area contributed by atoms with Crippen LogP contribution in [0.2, 0.25) is 0 Å². The summed E-state index contributed by atoms with van der Waals surface area (Å²) in [7, 11) is 1.71. The van der Waals surface area contributed by atoms with Gasteiger partial charge in [-0.2, -0.15) is 0 Å². The van der Waals surface area contributed by atoms with Crippen molar-refractivity contribution in [2.75, 3.05) is 7.11 Å². The van der Waals surface area contributed by atoms with E-state index < -0.39 is 0 Å². The van der Waals surface area contributed by atoms with Gasteiger partial charge in [0.05, 0.1) is 7.11 Å². The fraction of sp³-hybridized carbons (Fsp3) is 0.286. The summed E-state index contributed by atoms with van der Waals surface area (Å²) in [6, 6.07) is 6.43. The molecule has 3 heteroatoms. The van der Waals surface area contributed by atoms with Crippen LogP contribution >= 0.6 is 11.3 Å². The van der Waals surface area contributed by atoms with Crippen molar-refractivity contribution in [1.29, 1.82) is 0 Å². The Morgan fingerprint density at radius 2 is 1.94 bits per heavy atom. The standard InChI is InChI=1S/C14H17NOS/c1-9-5-14(16-3)10(2)4-13(9)11-6-12(7-15)17-8-11/h4-6,8H,7,15H2,1-3H3. The minimum absolute atomic E-state index is 0.610. The van der Waals surface area contributed by atoms with E-state index in [9.17, 15) is 0 Å². The van der Waals surface area contributed by atoms with Gasteiger partial charge in [-0.3, -0.25) is 0 Å². The van der Waals surface area contributed by atoms with Gasteiger partial charge in [0, 0.05) is 11.4 Å². The number of aryl methyl sites for hydroxylation is 2. The van der Waals surface area contributed by atoms with Crippen molar-refractivity contribution in [3.8, 4) is 16.9 Å². The zero-order valence-corrected chi connectivity index (χ0v) is 11.2. The molecule has 0 unspecified atom stereocenters. The zero-order chi connectivity index (χ0) is 12.4. The largest absolute Gasteiger partial charge is 0.496 e. The second kappa shape index (κ2) is 4.90. The van der Waals surface area contributed by atoms with E-state index in [2.05, 4.69) is 37.4 Å². The number of methoxy groups -OCH3 is 1. The lowest BCUT2D eigenvalue weighted by molar-refractivity contribution is 0.411. The Kier molecular flexibility index (Phi) is 3.50. The molecule has 0 bridgehead atoms. The molecule has 0 aliphatic carbocycles. The van der Waals surface area contributed by atoms with Gasteiger partial charge >= 0.3 is 0 Å². The molecule has 0 saturated heterocycles. The van der Waals surface area contributed by atoms with Crippen LogP contribution in [0.15, 0.2) is 23.6 Å². The number of rotatable bonds is 3. The molecule has 0 aliphatic heterocycles. The lowest BCUT2D eigenvalue weighted by atomic mass is 10.00. The van der Waals surface area contributed by atoms with Crippen LogP contribution in [0.3, 0.4) is 0 Å². The molecule has 0 fully saturated rings. The van der Waals surface area contributed by atoms with E-state index in [-0.39, 0.29) is 0 Å². The lowest BCUT2D eigenvalue weighted by Crippen LogP contribution is -1.92. The van der Waals surface area contributed by atoms with E-state index >= 15 is 0 Å². The van der Waals surface area contributed by atoms with Crippen molar-refractivity contribution in [1.82, 2.24) is 0 Å². The molecule has 0 atom stereocenters. The summed E-state index contributed by atoms with van der Waals surface area (Å²) in [5, 5.41) is 2.16. The number of hydrogen-bond acceptors (Lipinski definition) is 3. The van der Waals surface area contributed by atoms with Crippen LogP contribution in [0.4, 0.5) is 0 Å². The normalized spacial score (nSPS) is 10.6. The molecule has 2 nitrogen and oxygen atoms in total. The van der Waals surface area contributed by atoms with E-state index in [1.54, 1.807) is 18.4 Å². The topological polar surface area (TPSA) is 35.2 Å². The fourth-order valence-corrected chi connectivity index (χ4v) is 2.71. The molecule has 2 rings (SSSR count). The van der Waals surface area contributed by atoms with Gasteiger partial charge in [0.15, 0.2) is 0 Å². The van der Waals surface area contributed by atoms with E-state index in [0.717, 1.165) is 11.3 Å². The van der Waals surface area contributed by atoms with Crippen LogP contribution in [0.25, 0.3) is 11.1 Å². The third-order valence-corrected chi connectivity index (χ3v) is 3.87. The number of hydrogen-bond donors (Lipinski definition) is 1. The van der Waals surface area contributed by atoms with Crippen LogP contribution in [0, 0.1) is 13.8 Å². The van der Waals surface area contributed by atoms with Gasteiger partial charge in [-0.05, 0) is 59.7 Å². The Hall–Kier alpha value is -1.32. The zero-order valence-electron chi connectivity index (χ0n) is 10.4. The lowest BCUT2D eigenvalue weighted by Gasteiger charge is -2.10. The Balaban J connectivity index is 2.48. The van der Waals surface area contributed by atoms with Gasteiger partial charge < -0.3 is 10.5 Å². The van der Waals surface area contributed by atoms with Crippen molar-refractivity contribution in [2.45, 2.75) is 20.4 Å². The second-order valence-corrected chi connectivity index (χ2v) is 5.14. The molecule has 0 radical (unpaired) electrons. The number of thiophene rings is 1. The summed E-state index contributed by atoms with van der Waals surface area (Å²) in [6.07, 6.45) is 0. The second-order valence-electron chi connectivity index (χ2n) is 4.14. The van der Waals surface area contributed by atoms with Crippen LogP contribution < -0.4 is 10.5 Å². The van der Waals surface area contributed by atoms with Crippen LogP contribution in [0.1, 0.15) is 16.0 Å². The highest BCUT2D eigenvalue weighted by atomic mass is 32.1. The Morgan fingerprint density at radius 1 is 1.18 bits per heavy atom. The summed E-state index contributed by atoms with van der Waals surface area (Å²) < 4.78 is 5.33. The first-order chi connectivity index (χ1) is 8.15. The molecule has 2 aromatic rings. The fourth-order valence-electron chi connectivity index (χ4n) is 1.95. The van der Waals surface area contributed by atoms with E-state index in [1.807, 2.05) is 0 Å². The molecule has 2 N–H and O–H groups in total. The van der Waals surface area contributed by atoms with Gasteiger partial charge in [-0.15, -0.1) is 11.3 Å². The summed E-state index contributed by atoms with van der Waals surface area (Å²) >= 11 is 1.71. The molecule has 0 amide bonds. The van der Waals surface area contributed by atoms with Crippen LogP contribution in [0.5, 0.6) is 5.75 Å². The molecule has 1 aromatic carbocycles. The molecule has 0 spiro atoms. The van der Waals surface area contributed by atoms with Crippen LogP contribution in [-0.4, -0.2) is 7.11 Å². The highest BCUT2D eigenvalue weighted by Gasteiger charge is 2.08. The molecule has 1 heterocycles. The molecule has 0 saturated carbocycles. The minimum Gasteiger partial charge on any atom is -0.496 e. The summed E-state index contributed by atoms with van der Waals surface area (Å²) in [6.45, 7) is 4.79. The molecule has 90 valence electrons. The van der Waals surface area contributed by atoms with Crippen molar-refractivity contribution >= 4 is 11.3 Å². The predicted octanol–water partition coefficient (Wildman–Crippen LogP) is 3.50. The third-order valence-electron chi connectivity index (χ3n) is 2.91. The maximum absolute atomic E-state index is 5.65. The van der Waals surface area contributed by atoms with Crippen molar-refractivity contribution < 1.29 is 4.74 Å². The highest BCUT2D eigenvalue weighted by molar-refractivity contribution is 7.10. The average Bonchev–Trinajstić information content (AvgIpc) is 2.80.